The molecule has 1 amide bonds. The van der Waals surface area contributed by atoms with Crippen LogP contribution in [-0.2, 0) is 17.5 Å². The minimum atomic E-state index is -4.58. The predicted octanol–water partition coefficient (Wildman–Crippen LogP) is 7.12. The summed E-state index contributed by atoms with van der Waals surface area (Å²) in [4.78, 5) is 18.2. The maximum Gasteiger partial charge on any atom is 0.416 e. The third-order valence-corrected chi connectivity index (χ3v) is 6.43. The molecule has 0 spiro atoms. The number of ether oxygens (including phenoxy) is 2. The van der Waals surface area contributed by atoms with Crippen molar-refractivity contribution in [2.75, 3.05) is 7.11 Å². The van der Waals surface area contributed by atoms with Crippen molar-refractivity contribution in [3.8, 4) is 16.9 Å². The lowest BCUT2D eigenvalue weighted by molar-refractivity contribution is -0.137. The first-order chi connectivity index (χ1) is 17.0. The Morgan fingerprint density at radius 3 is 2.39 bits per heavy atom. The first-order valence-corrected chi connectivity index (χ1v) is 11.5. The molecule has 0 radical (unpaired) electrons. The van der Waals surface area contributed by atoms with Gasteiger partial charge in [0.1, 0.15) is 17.7 Å². The fraction of sp³-hybridized carbons (Fsp3) is 0.333. The highest BCUT2D eigenvalue weighted by Crippen LogP contribution is 2.41. The van der Waals surface area contributed by atoms with Gasteiger partial charge in [0.25, 0.3) is 0 Å². The Balaban J connectivity index is 1.81. The molecule has 1 aliphatic rings. The minimum absolute atomic E-state index is 0.140. The molecule has 1 aromatic heterocycles. The van der Waals surface area contributed by atoms with Crippen molar-refractivity contribution in [3.63, 3.8) is 0 Å². The minimum Gasteiger partial charge on any atom is -0.496 e. The first-order valence-electron chi connectivity index (χ1n) is 11.5. The Morgan fingerprint density at radius 1 is 1.08 bits per heavy atom. The molecule has 2 aromatic carbocycles. The third kappa shape index (κ3) is 4.87. The number of carbonyl (C=O) groups excluding carboxylic acids is 1. The van der Waals surface area contributed by atoms with E-state index in [4.69, 9.17) is 9.47 Å². The van der Waals surface area contributed by atoms with Gasteiger partial charge in [0, 0.05) is 24.0 Å². The van der Waals surface area contributed by atoms with Gasteiger partial charge in [0.2, 0.25) is 0 Å². The molecule has 190 valence electrons. The van der Waals surface area contributed by atoms with Crippen LogP contribution in [0, 0.1) is 5.82 Å². The average Bonchev–Trinajstić information content (AvgIpc) is 3.12. The van der Waals surface area contributed by atoms with Gasteiger partial charge in [-0.1, -0.05) is 19.9 Å². The van der Waals surface area contributed by atoms with Gasteiger partial charge < -0.3 is 9.47 Å². The van der Waals surface area contributed by atoms with Crippen molar-refractivity contribution < 1.29 is 31.8 Å². The smallest absolute Gasteiger partial charge is 0.416 e. The highest BCUT2D eigenvalue weighted by atomic mass is 19.4. The molecule has 0 bridgehead atoms. The summed E-state index contributed by atoms with van der Waals surface area (Å²) in [5.41, 5.74) is 1.38. The summed E-state index contributed by atoms with van der Waals surface area (Å²) < 4.78 is 66.5. The third-order valence-electron chi connectivity index (χ3n) is 6.43. The first kappa shape index (κ1) is 25.5. The maximum absolute atomic E-state index is 14.6. The molecule has 4 rings (SSSR count). The van der Waals surface area contributed by atoms with Crippen LogP contribution in [0.5, 0.6) is 5.75 Å². The monoisotopic (exact) mass is 502 g/mol. The van der Waals surface area contributed by atoms with E-state index in [-0.39, 0.29) is 23.8 Å². The van der Waals surface area contributed by atoms with Crippen LogP contribution < -0.4 is 4.74 Å². The second kappa shape index (κ2) is 9.79. The number of aromatic nitrogens is 1. The Kier molecular flexibility index (Phi) is 6.93. The highest BCUT2D eigenvalue weighted by molar-refractivity contribution is 5.76. The van der Waals surface area contributed by atoms with Crippen LogP contribution in [0.4, 0.5) is 22.4 Å². The lowest BCUT2D eigenvalue weighted by atomic mass is 9.92. The Hall–Kier alpha value is -3.62. The quantitative estimate of drug-likeness (QED) is 0.337. The molecule has 1 aliphatic heterocycles. The van der Waals surface area contributed by atoms with Crippen molar-refractivity contribution in [1.29, 1.82) is 0 Å². The van der Waals surface area contributed by atoms with E-state index < -0.39 is 35.8 Å². The topological polar surface area (TPSA) is 51.7 Å². The zero-order valence-electron chi connectivity index (χ0n) is 20.3. The average molecular weight is 503 g/mol. The van der Waals surface area contributed by atoms with Gasteiger partial charge in [-0.25, -0.2) is 9.18 Å². The summed E-state index contributed by atoms with van der Waals surface area (Å²) in [6.45, 7) is 5.28. The number of nitrogens with zero attached hydrogens (tertiary/aromatic N) is 2. The van der Waals surface area contributed by atoms with Crippen molar-refractivity contribution in [3.05, 3.63) is 82.9 Å². The molecular weight excluding hydrogens is 476 g/mol. The van der Waals surface area contributed by atoms with Gasteiger partial charge in [0.15, 0.2) is 0 Å². The van der Waals surface area contributed by atoms with Crippen molar-refractivity contribution >= 4 is 6.09 Å². The molecule has 2 heterocycles. The van der Waals surface area contributed by atoms with Crippen LogP contribution >= 0.6 is 0 Å². The molecular formula is C27H26F4N2O3. The Morgan fingerprint density at radius 2 is 1.78 bits per heavy atom. The molecule has 9 heteroatoms. The highest BCUT2D eigenvalue weighted by Gasteiger charge is 2.40. The van der Waals surface area contributed by atoms with E-state index in [1.165, 1.54) is 24.1 Å². The lowest BCUT2D eigenvalue weighted by Crippen LogP contribution is -2.31. The van der Waals surface area contributed by atoms with Crippen molar-refractivity contribution in [2.24, 2.45) is 0 Å². The number of cyclic esters (lactones) is 1. The predicted molar refractivity (Wildman–Crippen MR) is 126 cm³/mol. The number of pyridine rings is 1. The molecule has 1 saturated heterocycles. The summed E-state index contributed by atoms with van der Waals surface area (Å²) in [7, 11) is 1.37. The van der Waals surface area contributed by atoms with Gasteiger partial charge in [-0.15, -0.1) is 0 Å². The van der Waals surface area contributed by atoms with E-state index >= 15 is 0 Å². The number of carbonyl (C=O) groups is 1. The van der Waals surface area contributed by atoms with Crippen molar-refractivity contribution in [2.45, 2.75) is 51.6 Å². The van der Waals surface area contributed by atoms with Crippen LogP contribution in [-0.4, -0.2) is 29.1 Å². The van der Waals surface area contributed by atoms with Crippen LogP contribution in [0.15, 0.2) is 54.9 Å². The van der Waals surface area contributed by atoms with Gasteiger partial charge >= 0.3 is 12.3 Å². The zero-order valence-corrected chi connectivity index (χ0v) is 20.3. The molecule has 5 nitrogen and oxygen atoms in total. The fourth-order valence-corrected chi connectivity index (χ4v) is 4.45. The van der Waals surface area contributed by atoms with E-state index in [2.05, 4.69) is 4.98 Å². The number of alkyl halides is 3. The Bertz CT molecular complexity index is 1260. The lowest BCUT2D eigenvalue weighted by Gasteiger charge is -2.24. The molecule has 0 N–H and O–H groups in total. The molecule has 3 aromatic rings. The number of rotatable bonds is 6. The number of hydrogen-bond acceptors (Lipinski definition) is 4. The van der Waals surface area contributed by atoms with E-state index in [0.717, 1.165) is 17.7 Å². The summed E-state index contributed by atoms with van der Waals surface area (Å²) in [5, 5.41) is 0. The van der Waals surface area contributed by atoms with E-state index in [1.54, 1.807) is 37.5 Å². The SMILES string of the molecule is COc1cc(F)c(C(C)C)cc1-c1ccc(C(F)(F)F)cc1CN1C(=O)OC(c2ccncc2)C1C. The summed E-state index contributed by atoms with van der Waals surface area (Å²) in [5.74, 6) is -0.442. The van der Waals surface area contributed by atoms with Gasteiger partial charge in [-0.05, 0) is 65.4 Å². The number of hydrogen-bond donors (Lipinski definition) is 0. The second-order valence-electron chi connectivity index (χ2n) is 9.05. The molecule has 2 atom stereocenters. The van der Waals surface area contributed by atoms with Crippen molar-refractivity contribution in [1.82, 2.24) is 9.88 Å². The summed E-state index contributed by atoms with van der Waals surface area (Å²) >= 11 is 0. The summed E-state index contributed by atoms with van der Waals surface area (Å²) in [6, 6.07) is 9.16. The number of halogens is 4. The van der Waals surface area contributed by atoms with E-state index in [9.17, 15) is 22.4 Å². The second-order valence-corrected chi connectivity index (χ2v) is 9.05. The Labute approximate surface area is 206 Å². The normalized spacial score (nSPS) is 18.0. The van der Waals surface area contributed by atoms with E-state index in [0.29, 0.717) is 16.7 Å². The van der Waals surface area contributed by atoms with Crippen LogP contribution in [0.25, 0.3) is 11.1 Å². The standard InChI is InChI=1S/C27H26F4N2O3/c1-15(2)21-12-22(24(35-4)13-23(21)28)20-6-5-19(27(29,30)31)11-18(20)14-33-16(3)25(36-26(33)34)17-7-9-32-10-8-17/h5-13,15-16,25H,14H2,1-4H3. The number of amides is 1. The van der Waals surface area contributed by atoms with Gasteiger partial charge in [-0.3, -0.25) is 9.88 Å². The number of methoxy groups -OCH3 is 1. The van der Waals surface area contributed by atoms with E-state index in [1.807, 2.05) is 13.8 Å². The fourth-order valence-electron chi connectivity index (χ4n) is 4.45. The van der Waals surface area contributed by atoms with Gasteiger partial charge in [-0.2, -0.15) is 13.2 Å². The van der Waals surface area contributed by atoms with Crippen LogP contribution in [0.2, 0.25) is 0 Å². The molecule has 2 unspecified atom stereocenters. The van der Waals surface area contributed by atoms with Gasteiger partial charge in [0.05, 0.1) is 25.3 Å². The summed E-state index contributed by atoms with van der Waals surface area (Å²) in [6.07, 6.45) is -2.66. The molecule has 0 saturated carbocycles. The molecule has 0 aliphatic carbocycles. The molecule has 36 heavy (non-hydrogen) atoms. The maximum atomic E-state index is 14.6. The van der Waals surface area contributed by atoms with Crippen LogP contribution in [0.3, 0.4) is 0 Å². The van der Waals surface area contributed by atoms with Crippen LogP contribution in [0.1, 0.15) is 55.0 Å². The largest absolute Gasteiger partial charge is 0.496 e. The zero-order chi connectivity index (χ0) is 26.2. The molecule has 1 fully saturated rings. The number of benzene rings is 2.